The minimum absolute atomic E-state index is 1.07. The summed E-state index contributed by atoms with van der Waals surface area (Å²) >= 11 is 1.77. The van der Waals surface area contributed by atoms with Gasteiger partial charge in [0.05, 0.1) is 4.88 Å². The van der Waals surface area contributed by atoms with E-state index in [1.165, 1.54) is 49.8 Å². The fourth-order valence-electron chi connectivity index (χ4n) is 1.67. The molecule has 0 aliphatic rings. The zero-order chi connectivity index (χ0) is 10.9. The first-order valence-corrected chi connectivity index (χ1v) is 6.73. The maximum absolute atomic E-state index is 5.33. The number of thiophene rings is 1. The second-order valence-corrected chi connectivity index (χ2v) is 5.10. The second-order valence-electron chi connectivity index (χ2n) is 3.93. The van der Waals surface area contributed by atoms with Crippen molar-refractivity contribution in [2.75, 3.05) is 0 Å². The van der Waals surface area contributed by atoms with Crippen LogP contribution in [0.25, 0.3) is 0 Å². The lowest BCUT2D eigenvalue weighted by Crippen LogP contribution is -1.82. The Morgan fingerprint density at radius 3 is 2.53 bits per heavy atom. The minimum Gasteiger partial charge on any atom is -0.132 e. The van der Waals surface area contributed by atoms with Gasteiger partial charge in [0.15, 0.2) is 0 Å². The van der Waals surface area contributed by atoms with Gasteiger partial charge < -0.3 is 0 Å². The fraction of sp³-hybridized carbons (Fsp3) is 0.571. The van der Waals surface area contributed by atoms with Gasteiger partial charge in [-0.25, -0.2) is 0 Å². The Hall–Kier alpha value is -0.740. The molecule has 0 saturated carbocycles. The lowest BCUT2D eigenvalue weighted by molar-refractivity contribution is 0.609. The van der Waals surface area contributed by atoms with Crippen LogP contribution >= 0.6 is 11.3 Å². The summed E-state index contributed by atoms with van der Waals surface area (Å²) in [5, 5.41) is 0. The topological polar surface area (TPSA) is 0 Å². The van der Waals surface area contributed by atoms with E-state index in [1.807, 2.05) is 0 Å². The maximum atomic E-state index is 5.33. The molecule has 0 radical (unpaired) electrons. The number of hydrogen-bond donors (Lipinski definition) is 0. The molecule has 15 heavy (non-hydrogen) atoms. The van der Waals surface area contributed by atoms with Crippen LogP contribution in [0.4, 0.5) is 0 Å². The molecule has 1 heteroatoms. The van der Waals surface area contributed by atoms with Gasteiger partial charge in [-0.2, -0.15) is 0 Å². The van der Waals surface area contributed by atoms with Crippen LogP contribution in [0.5, 0.6) is 0 Å². The highest BCUT2D eigenvalue weighted by molar-refractivity contribution is 7.12. The van der Waals surface area contributed by atoms with Gasteiger partial charge in [0, 0.05) is 4.88 Å². The molecule has 1 aromatic heterocycles. The molecular formula is C14H20S. The van der Waals surface area contributed by atoms with Gasteiger partial charge >= 0.3 is 0 Å². The van der Waals surface area contributed by atoms with Gasteiger partial charge in [-0.15, -0.1) is 17.8 Å². The zero-order valence-corrected chi connectivity index (χ0v) is 10.4. The van der Waals surface area contributed by atoms with Gasteiger partial charge in [0.25, 0.3) is 0 Å². The standard InChI is InChI=1S/C14H20S/c1-3-5-6-7-8-9-10-14-12-11-13(4-2)15-14/h2,11-12H,3,5-10H2,1H3. The summed E-state index contributed by atoms with van der Waals surface area (Å²) in [5.74, 6) is 2.68. The van der Waals surface area contributed by atoms with Crippen molar-refractivity contribution >= 4 is 11.3 Å². The molecular weight excluding hydrogens is 200 g/mol. The van der Waals surface area contributed by atoms with E-state index in [9.17, 15) is 0 Å². The van der Waals surface area contributed by atoms with Gasteiger partial charge in [-0.1, -0.05) is 44.9 Å². The van der Waals surface area contributed by atoms with E-state index in [-0.39, 0.29) is 0 Å². The predicted molar refractivity (Wildman–Crippen MR) is 69.3 cm³/mol. The first-order chi connectivity index (χ1) is 7.36. The summed E-state index contributed by atoms with van der Waals surface area (Å²) in [5.41, 5.74) is 0. The Kier molecular flexibility index (Phi) is 6.20. The average molecular weight is 220 g/mol. The van der Waals surface area contributed by atoms with Crippen LogP contribution in [0.3, 0.4) is 0 Å². The molecule has 0 spiro atoms. The normalized spacial score (nSPS) is 10.1. The second kappa shape index (κ2) is 7.54. The predicted octanol–water partition coefficient (Wildman–Crippen LogP) is 4.63. The quantitative estimate of drug-likeness (QED) is 0.464. The van der Waals surface area contributed by atoms with E-state index in [0.29, 0.717) is 0 Å². The minimum atomic E-state index is 1.07. The molecule has 1 aromatic rings. The number of aryl methyl sites for hydroxylation is 1. The number of terminal acetylenes is 1. The van der Waals surface area contributed by atoms with Crippen molar-refractivity contribution in [3.63, 3.8) is 0 Å². The molecule has 0 aliphatic carbocycles. The summed E-state index contributed by atoms with van der Waals surface area (Å²) in [4.78, 5) is 2.51. The molecule has 0 atom stereocenters. The lowest BCUT2D eigenvalue weighted by atomic mass is 10.1. The van der Waals surface area contributed by atoms with Crippen LogP contribution in [0, 0.1) is 12.3 Å². The number of hydrogen-bond acceptors (Lipinski definition) is 1. The third-order valence-electron chi connectivity index (χ3n) is 2.58. The van der Waals surface area contributed by atoms with E-state index in [2.05, 4.69) is 25.0 Å². The van der Waals surface area contributed by atoms with E-state index < -0.39 is 0 Å². The third-order valence-corrected chi connectivity index (χ3v) is 3.66. The summed E-state index contributed by atoms with van der Waals surface area (Å²) in [6.07, 6.45) is 14.7. The highest BCUT2D eigenvalue weighted by Crippen LogP contribution is 2.18. The van der Waals surface area contributed by atoms with Crippen LogP contribution in [0.15, 0.2) is 12.1 Å². The molecule has 0 nitrogen and oxygen atoms in total. The van der Waals surface area contributed by atoms with Crippen LogP contribution in [-0.4, -0.2) is 0 Å². The van der Waals surface area contributed by atoms with Gasteiger partial charge in [0.1, 0.15) is 0 Å². The highest BCUT2D eigenvalue weighted by Gasteiger charge is 1.97. The monoisotopic (exact) mass is 220 g/mol. The van der Waals surface area contributed by atoms with Crippen molar-refractivity contribution in [2.45, 2.75) is 51.9 Å². The summed E-state index contributed by atoms with van der Waals surface area (Å²) in [6, 6.07) is 4.23. The Labute approximate surface area is 97.7 Å². The first-order valence-electron chi connectivity index (χ1n) is 5.92. The third kappa shape index (κ3) is 5.04. The molecule has 0 amide bonds. The molecule has 0 bridgehead atoms. The summed E-state index contributed by atoms with van der Waals surface area (Å²) in [7, 11) is 0. The van der Waals surface area contributed by atoms with Crippen LogP contribution in [0.2, 0.25) is 0 Å². The molecule has 0 aromatic carbocycles. The average Bonchev–Trinajstić information content (AvgIpc) is 2.71. The Morgan fingerprint density at radius 2 is 1.87 bits per heavy atom. The van der Waals surface area contributed by atoms with Crippen LogP contribution in [-0.2, 0) is 6.42 Å². The van der Waals surface area contributed by atoms with Crippen molar-refractivity contribution < 1.29 is 0 Å². The van der Waals surface area contributed by atoms with Crippen LogP contribution in [0.1, 0.15) is 55.2 Å². The Morgan fingerprint density at radius 1 is 1.13 bits per heavy atom. The zero-order valence-electron chi connectivity index (χ0n) is 9.59. The molecule has 0 unspecified atom stereocenters. The number of unbranched alkanes of at least 4 members (excludes halogenated alkanes) is 5. The molecule has 0 saturated heterocycles. The van der Waals surface area contributed by atoms with E-state index in [1.54, 1.807) is 11.3 Å². The van der Waals surface area contributed by atoms with Gasteiger partial charge in [-0.05, 0) is 25.0 Å². The molecule has 82 valence electrons. The van der Waals surface area contributed by atoms with Gasteiger partial charge in [-0.3, -0.25) is 0 Å². The summed E-state index contributed by atoms with van der Waals surface area (Å²) in [6.45, 7) is 2.26. The van der Waals surface area contributed by atoms with Crippen molar-refractivity contribution in [3.05, 3.63) is 21.9 Å². The van der Waals surface area contributed by atoms with Gasteiger partial charge in [0.2, 0.25) is 0 Å². The molecule has 0 N–H and O–H groups in total. The highest BCUT2D eigenvalue weighted by atomic mass is 32.1. The SMILES string of the molecule is C#Cc1ccc(CCCCCCCC)s1. The van der Waals surface area contributed by atoms with Crippen molar-refractivity contribution in [2.24, 2.45) is 0 Å². The Bertz CT molecular complexity index is 303. The molecule has 0 aliphatic heterocycles. The van der Waals surface area contributed by atoms with E-state index in [4.69, 9.17) is 6.42 Å². The Balaban J connectivity index is 2.07. The lowest BCUT2D eigenvalue weighted by Gasteiger charge is -1.98. The van der Waals surface area contributed by atoms with Crippen molar-refractivity contribution in [1.82, 2.24) is 0 Å². The first kappa shape index (κ1) is 12.3. The van der Waals surface area contributed by atoms with E-state index >= 15 is 0 Å². The van der Waals surface area contributed by atoms with Crippen molar-refractivity contribution in [3.8, 4) is 12.3 Å². The smallest absolute Gasteiger partial charge is 0.0768 e. The van der Waals surface area contributed by atoms with Crippen molar-refractivity contribution in [1.29, 1.82) is 0 Å². The summed E-state index contributed by atoms with van der Waals surface area (Å²) < 4.78 is 0. The number of rotatable bonds is 7. The van der Waals surface area contributed by atoms with E-state index in [0.717, 1.165) is 4.88 Å². The maximum Gasteiger partial charge on any atom is 0.0768 e. The molecule has 1 rings (SSSR count). The fourth-order valence-corrected chi connectivity index (χ4v) is 2.53. The largest absolute Gasteiger partial charge is 0.132 e. The molecule has 0 fully saturated rings. The van der Waals surface area contributed by atoms with Crippen LogP contribution < -0.4 is 0 Å². The molecule has 1 heterocycles.